The molecule has 1 N–H and O–H groups in total. The maximum Gasteiger partial charge on any atom is 0.234 e. The normalized spacial score (nSPS) is 10.3. The lowest BCUT2D eigenvalue weighted by Gasteiger charge is -2.08. The fourth-order valence-electron chi connectivity index (χ4n) is 2.53. The van der Waals surface area contributed by atoms with Gasteiger partial charge in [-0.25, -0.2) is 4.98 Å². The molecule has 0 fully saturated rings. The Hall–Kier alpha value is -3.04. The number of pyridine rings is 1. The Bertz CT molecular complexity index is 994. The van der Waals surface area contributed by atoms with Crippen LogP contribution in [0.2, 0.25) is 0 Å². The number of carbonyl (C=O) groups is 1. The Labute approximate surface area is 156 Å². The van der Waals surface area contributed by atoms with Crippen molar-refractivity contribution >= 4 is 34.3 Å². The average Bonchev–Trinajstić information content (AvgIpc) is 2.66. The molecular weight excluding hydrogens is 346 g/mol. The molecule has 3 rings (SSSR count). The van der Waals surface area contributed by atoms with Crippen LogP contribution in [0.25, 0.3) is 10.9 Å². The van der Waals surface area contributed by atoms with E-state index in [4.69, 9.17) is 4.74 Å². The Morgan fingerprint density at radius 3 is 2.73 bits per heavy atom. The average molecular weight is 363 g/mol. The molecule has 130 valence electrons. The van der Waals surface area contributed by atoms with Gasteiger partial charge in [-0.05, 0) is 42.8 Å². The quantitative estimate of drug-likeness (QED) is 0.689. The minimum atomic E-state index is -0.157. The van der Waals surface area contributed by atoms with Crippen LogP contribution in [-0.4, -0.2) is 23.8 Å². The van der Waals surface area contributed by atoms with E-state index in [1.807, 2.05) is 31.2 Å². The molecule has 5 nitrogen and oxygen atoms in total. The minimum absolute atomic E-state index is 0.157. The van der Waals surface area contributed by atoms with Gasteiger partial charge in [-0.2, -0.15) is 5.26 Å². The van der Waals surface area contributed by atoms with Crippen LogP contribution in [0.3, 0.4) is 0 Å². The predicted molar refractivity (Wildman–Crippen MR) is 104 cm³/mol. The molecule has 0 aliphatic carbocycles. The third kappa shape index (κ3) is 3.95. The van der Waals surface area contributed by atoms with Crippen molar-refractivity contribution in [2.45, 2.75) is 11.9 Å². The predicted octanol–water partition coefficient (Wildman–Crippen LogP) is 4.15. The molecule has 6 heteroatoms. The number of methoxy groups -OCH3 is 1. The highest BCUT2D eigenvalue weighted by atomic mass is 32.2. The van der Waals surface area contributed by atoms with Crippen LogP contribution in [0.15, 0.2) is 53.6 Å². The summed E-state index contributed by atoms with van der Waals surface area (Å²) in [6, 6.07) is 17.0. The van der Waals surface area contributed by atoms with Crippen LogP contribution in [0, 0.1) is 18.3 Å². The lowest BCUT2D eigenvalue weighted by molar-refractivity contribution is -0.113. The number of carbonyl (C=O) groups excluding carboxylic acids is 1. The number of hydrogen-bond acceptors (Lipinski definition) is 5. The third-order valence-corrected chi connectivity index (χ3v) is 4.84. The molecule has 1 aromatic heterocycles. The number of benzene rings is 2. The van der Waals surface area contributed by atoms with Crippen molar-refractivity contribution in [1.29, 1.82) is 5.26 Å². The molecular formula is C20H17N3O2S. The van der Waals surface area contributed by atoms with Crippen molar-refractivity contribution in [3.05, 3.63) is 59.7 Å². The molecule has 3 aromatic rings. The zero-order chi connectivity index (χ0) is 18.5. The molecule has 0 saturated carbocycles. The van der Waals surface area contributed by atoms with E-state index in [0.29, 0.717) is 16.3 Å². The van der Waals surface area contributed by atoms with Crippen molar-refractivity contribution in [3.8, 4) is 11.8 Å². The number of nitriles is 1. The first kappa shape index (κ1) is 17.8. The lowest BCUT2D eigenvalue weighted by Crippen LogP contribution is -2.14. The van der Waals surface area contributed by atoms with E-state index in [2.05, 4.69) is 16.4 Å². The first-order valence-electron chi connectivity index (χ1n) is 7.98. The molecule has 0 unspecified atom stereocenters. The van der Waals surface area contributed by atoms with E-state index in [-0.39, 0.29) is 11.7 Å². The molecule has 1 amide bonds. The smallest absolute Gasteiger partial charge is 0.234 e. The second kappa shape index (κ2) is 7.89. The highest BCUT2D eigenvalue weighted by Crippen LogP contribution is 2.26. The zero-order valence-electron chi connectivity index (χ0n) is 14.4. The van der Waals surface area contributed by atoms with E-state index in [1.54, 1.807) is 31.4 Å². The Balaban J connectivity index is 1.73. The number of amides is 1. The first-order valence-corrected chi connectivity index (χ1v) is 8.96. The maximum atomic E-state index is 12.2. The SMILES string of the molecule is COc1ccc(NC(=O)CSc2nc3c(C)cccc3cc2C#N)cc1. The van der Waals surface area contributed by atoms with Crippen LogP contribution in [0.5, 0.6) is 5.75 Å². The van der Waals surface area contributed by atoms with Gasteiger partial charge in [-0.15, -0.1) is 0 Å². The van der Waals surface area contributed by atoms with Gasteiger partial charge >= 0.3 is 0 Å². The Morgan fingerprint density at radius 1 is 1.27 bits per heavy atom. The van der Waals surface area contributed by atoms with Crippen molar-refractivity contribution in [2.24, 2.45) is 0 Å². The number of nitrogens with zero attached hydrogens (tertiary/aromatic N) is 2. The summed E-state index contributed by atoms with van der Waals surface area (Å²) < 4.78 is 5.09. The van der Waals surface area contributed by atoms with Crippen molar-refractivity contribution < 1.29 is 9.53 Å². The van der Waals surface area contributed by atoms with Gasteiger partial charge < -0.3 is 10.1 Å². The van der Waals surface area contributed by atoms with Crippen molar-refractivity contribution in [3.63, 3.8) is 0 Å². The monoisotopic (exact) mass is 363 g/mol. The van der Waals surface area contributed by atoms with E-state index in [0.717, 1.165) is 22.2 Å². The lowest BCUT2D eigenvalue weighted by atomic mass is 10.1. The molecule has 0 saturated heterocycles. The molecule has 2 aromatic carbocycles. The molecule has 0 bridgehead atoms. The van der Waals surface area contributed by atoms with Gasteiger partial charge in [0.1, 0.15) is 16.8 Å². The van der Waals surface area contributed by atoms with Gasteiger partial charge in [0.05, 0.1) is 23.9 Å². The van der Waals surface area contributed by atoms with Crippen LogP contribution in [-0.2, 0) is 4.79 Å². The minimum Gasteiger partial charge on any atom is -0.497 e. The van der Waals surface area contributed by atoms with Gasteiger partial charge in [-0.3, -0.25) is 4.79 Å². The molecule has 0 aliphatic rings. The summed E-state index contributed by atoms with van der Waals surface area (Å²) in [5.41, 5.74) is 3.06. The number of ether oxygens (including phenoxy) is 1. The summed E-state index contributed by atoms with van der Waals surface area (Å²) >= 11 is 1.26. The van der Waals surface area contributed by atoms with Crippen LogP contribution >= 0.6 is 11.8 Å². The molecule has 0 spiro atoms. The summed E-state index contributed by atoms with van der Waals surface area (Å²) in [7, 11) is 1.59. The first-order chi connectivity index (χ1) is 12.6. The Morgan fingerprint density at radius 2 is 2.04 bits per heavy atom. The topological polar surface area (TPSA) is 75.0 Å². The number of hydrogen-bond donors (Lipinski definition) is 1. The summed E-state index contributed by atoms with van der Waals surface area (Å²) in [6.45, 7) is 1.98. The Kier molecular flexibility index (Phi) is 5.40. The summed E-state index contributed by atoms with van der Waals surface area (Å²) in [4.78, 5) is 16.8. The molecule has 0 atom stereocenters. The molecule has 0 radical (unpaired) electrons. The number of fused-ring (bicyclic) bond motifs is 1. The fraction of sp³-hybridized carbons (Fsp3) is 0.150. The number of aryl methyl sites for hydroxylation is 1. The summed E-state index contributed by atoms with van der Waals surface area (Å²) in [6.07, 6.45) is 0. The standard InChI is InChI=1S/C20H17N3O2S/c1-13-4-3-5-14-10-15(11-21)20(23-19(13)14)26-12-18(24)22-16-6-8-17(25-2)9-7-16/h3-10H,12H2,1-2H3,(H,22,24). The van der Waals surface area contributed by atoms with Crippen LogP contribution in [0.4, 0.5) is 5.69 Å². The number of thioether (sulfide) groups is 1. The fourth-order valence-corrected chi connectivity index (χ4v) is 3.28. The van der Waals surface area contributed by atoms with E-state index in [9.17, 15) is 10.1 Å². The summed E-state index contributed by atoms with van der Waals surface area (Å²) in [5.74, 6) is 0.743. The number of para-hydroxylation sites is 1. The second-order valence-electron chi connectivity index (χ2n) is 5.66. The molecule has 1 heterocycles. The van der Waals surface area contributed by atoms with Crippen molar-refractivity contribution in [1.82, 2.24) is 4.98 Å². The largest absolute Gasteiger partial charge is 0.497 e. The van der Waals surface area contributed by atoms with Gasteiger partial charge in [0.25, 0.3) is 0 Å². The number of nitrogens with one attached hydrogen (secondary N) is 1. The van der Waals surface area contributed by atoms with Gasteiger partial charge in [0.15, 0.2) is 0 Å². The summed E-state index contributed by atoms with van der Waals surface area (Å²) in [5, 5.41) is 13.7. The van der Waals surface area contributed by atoms with E-state index in [1.165, 1.54) is 11.8 Å². The van der Waals surface area contributed by atoms with Crippen LogP contribution < -0.4 is 10.1 Å². The number of aromatic nitrogens is 1. The highest BCUT2D eigenvalue weighted by molar-refractivity contribution is 8.00. The van der Waals surface area contributed by atoms with Gasteiger partial charge in [0, 0.05) is 11.1 Å². The van der Waals surface area contributed by atoms with Crippen LogP contribution in [0.1, 0.15) is 11.1 Å². The van der Waals surface area contributed by atoms with E-state index >= 15 is 0 Å². The van der Waals surface area contributed by atoms with Gasteiger partial charge in [-0.1, -0.05) is 30.0 Å². The highest BCUT2D eigenvalue weighted by Gasteiger charge is 2.11. The maximum absolute atomic E-state index is 12.2. The second-order valence-corrected chi connectivity index (χ2v) is 6.63. The third-order valence-electron chi connectivity index (χ3n) is 3.85. The van der Waals surface area contributed by atoms with Gasteiger partial charge in [0.2, 0.25) is 5.91 Å². The zero-order valence-corrected chi connectivity index (χ0v) is 15.3. The number of anilines is 1. The molecule has 0 aliphatic heterocycles. The van der Waals surface area contributed by atoms with Crippen molar-refractivity contribution in [2.75, 3.05) is 18.2 Å². The molecule has 26 heavy (non-hydrogen) atoms. The van der Waals surface area contributed by atoms with E-state index < -0.39 is 0 Å². The number of rotatable bonds is 5.